The van der Waals surface area contributed by atoms with E-state index in [2.05, 4.69) is 35.3 Å². The van der Waals surface area contributed by atoms with E-state index < -0.39 is 0 Å². The van der Waals surface area contributed by atoms with Gasteiger partial charge in [-0.3, -0.25) is 4.90 Å². The molecular weight excluding hydrogens is 340 g/mol. The van der Waals surface area contributed by atoms with E-state index in [1.165, 1.54) is 24.8 Å². The Balaban J connectivity index is 1.44. The van der Waals surface area contributed by atoms with Crippen molar-refractivity contribution in [1.29, 1.82) is 0 Å². The number of furan rings is 1. The molecule has 3 heterocycles. The Kier molecular flexibility index (Phi) is 5.69. The highest BCUT2D eigenvalue weighted by atomic mass is 16.5. The fourth-order valence-electron chi connectivity index (χ4n) is 4.27. The number of benzene rings is 1. The number of nitrogens with one attached hydrogen (secondary N) is 1. The number of nitrogens with zero attached hydrogens (tertiary/aromatic N) is 1. The Labute approximate surface area is 161 Å². The molecule has 2 aromatic rings. The lowest BCUT2D eigenvalue weighted by Crippen LogP contribution is -2.38. The number of ether oxygens (including phenoxy) is 2. The number of likely N-dealkylation sites (tertiary alicyclic amines) is 1. The number of fused-ring (bicyclic) bond motifs is 1. The molecular formula is C22H30N2O3. The quantitative estimate of drug-likeness (QED) is 0.800. The first kappa shape index (κ1) is 18.4. The minimum Gasteiger partial charge on any atom is -0.496 e. The Morgan fingerprint density at radius 2 is 2.11 bits per heavy atom. The fourth-order valence-corrected chi connectivity index (χ4v) is 4.27. The molecule has 2 aliphatic rings. The van der Waals surface area contributed by atoms with Crippen LogP contribution in [0.25, 0.3) is 0 Å². The van der Waals surface area contributed by atoms with E-state index in [1.807, 2.05) is 6.07 Å². The van der Waals surface area contributed by atoms with Gasteiger partial charge in [0.2, 0.25) is 0 Å². The van der Waals surface area contributed by atoms with E-state index in [9.17, 15) is 0 Å². The molecule has 2 atom stereocenters. The molecule has 1 fully saturated rings. The van der Waals surface area contributed by atoms with Gasteiger partial charge >= 0.3 is 0 Å². The van der Waals surface area contributed by atoms with Crippen molar-refractivity contribution < 1.29 is 13.9 Å². The Hall–Kier alpha value is -1.98. The summed E-state index contributed by atoms with van der Waals surface area (Å²) < 4.78 is 17.3. The van der Waals surface area contributed by atoms with Crippen LogP contribution in [0.5, 0.6) is 11.5 Å². The first-order valence-corrected chi connectivity index (χ1v) is 10.1. The molecule has 1 saturated heterocycles. The van der Waals surface area contributed by atoms with Crippen LogP contribution in [0, 0.1) is 0 Å². The number of piperidine rings is 1. The van der Waals surface area contributed by atoms with Crippen molar-refractivity contribution in [3.05, 3.63) is 47.4 Å². The molecule has 0 aliphatic carbocycles. The number of hydrogen-bond acceptors (Lipinski definition) is 5. The van der Waals surface area contributed by atoms with Crippen molar-refractivity contribution in [3.63, 3.8) is 0 Å². The molecule has 1 aromatic carbocycles. The zero-order valence-electron chi connectivity index (χ0n) is 16.4. The SMILES string of the molecule is COc1cc2c(cc1CNC[C@H](c1ccco1)N1CCCCC1)O[C@H](C)C2. The normalized spacial score (nSPS) is 20.9. The summed E-state index contributed by atoms with van der Waals surface area (Å²) in [4.78, 5) is 2.54. The van der Waals surface area contributed by atoms with E-state index in [0.717, 1.165) is 55.4 Å². The lowest BCUT2D eigenvalue weighted by Gasteiger charge is -2.33. The van der Waals surface area contributed by atoms with Crippen molar-refractivity contribution in [2.24, 2.45) is 0 Å². The zero-order chi connectivity index (χ0) is 18.6. The first-order valence-electron chi connectivity index (χ1n) is 10.1. The van der Waals surface area contributed by atoms with Gasteiger partial charge in [0.1, 0.15) is 23.4 Å². The van der Waals surface area contributed by atoms with Gasteiger partial charge in [-0.1, -0.05) is 6.42 Å². The van der Waals surface area contributed by atoms with E-state index in [1.54, 1.807) is 13.4 Å². The van der Waals surface area contributed by atoms with Crippen molar-refractivity contribution >= 4 is 0 Å². The summed E-state index contributed by atoms with van der Waals surface area (Å²) in [5.41, 5.74) is 2.38. The molecule has 0 unspecified atom stereocenters. The van der Waals surface area contributed by atoms with Gasteiger partial charge in [-0.15, -0.1) is 0 Å². The number of hydrogen-bond donors (Lipinski definition) is 1. The third-order valence-corrected chi connectivity index (χ3v) is 5.66. The lowest BCUT2D eigenvalue weighted by atomic mass is 10.1. The summed E-state index contributed by atoms with van der Waals surface area (Å²) >= 11 is 0. The second-order valence-corrected chi connectivity index (χ2v) is 7.66. The summed E-state index contributed by atoms with van der Waals surface area (Å²) in [5.74, 6) is 2.98. The molecule has 5 nitrogen and oxygen atoms in total. The van der Waals surface area contributed by atoms with Gasteiger partial charge < -0.3 is 19.2 Å². The van der Waals surface area contributed by atoms with Crippen molar-refractivity contribution in [2.45, 2.75) is 51.3 Å². The van der Waals surface area contributed by atoms with Crippen molar-refractivity contribution in [1.82, 2.24) is 10.2 Å². The second kappa shape index (κ2) is 8.36. The molecule has 5 heteroatoms. The van der Waals surface area contributed by atoms with Crippen molar-refractivity contribution in [3.8, 4) is 11.5 Å². The van der Waals surface area contributed by atoms with Crippen molar-refractivity contribution in [2.75, 3.05) is 26.7 Å². The lowest BCUT2D eigenvalue weighted by molar-refractivity contribution is 0.142. The monoisotopic (exact) mass is 370 g/mol. The summed E-state index contributed by atoms with van der Waals surface area (Å²) in [7, 11) is 1.74. The van der Waals surface area contributed by atoms with Gasteiger partial charge in [-0.05, 0) is 57.1 Å². The maximum atomic E-state index is 5.92. The summed E-state index contributed by atoms with van der Waals surface area (Å²) in [6.07, 6.45) is 6.84. The molecule has 27 heavy (non-hydrogen) atoms. The molecule has 0 bridgehead atoms. The van der Waals surface area contributed by atoms with Crippen LogP contribution >= 0.6 is 0 Å². The van der Waals surface area contributed by atoms with E-state index in [0.29, 0.717) is 0 Å². The van der Waals surface area contributed by atoms with E-state index in [-0.39, 0.29) is 12.1 Å². The van der Waals surface area contributed by atoms with Crippen LogP contribution in [-0.4, -0.2) is 37.7 Å². The molecule has 146 valence electrons. The Morgan fingerprint density at radius 1 is 1.26 bits per heavy atom. The molecule has 2 aliphatic heterocycles. The van der Waals surface area contributed by atoms with Crippen LogP contribution in [0.2, 0.25) is 0 Å². The van der Waals surface area contributed by atoms with Gasteiger partial charge in [-0.2, -0.15) is 0 Å². The van der Waals surface area contributed by atoms with Crippen LogP contribution in [0.4, 0.5) is 0 Å². The third kappa shape index (κ3) is 4.14. The largest absolute Gasteiger partial charge is 0.496 e. The van der Waals surface area contributed by atoms with Gasteiger partial charge in [0.15, 0.2) is 0 Å². The van der Waals surface area contributed by atoms with Gasteiger partial charge in [0.25, 0.3) is 0 Å². The molecule has 0 spiro atoms. The molecule has 4 rings (SSSR count). The summed E-state index contributed by atoms with van der Waals surface area (Å²) in [5, 5.41) is 3.63. The minimum atomic E-state index is 0.246. The topological polar surface area (TPSA) is 46.9 Å². The highest BCUT2D eigenvalue weighted by Gasteiger charge is 2.25. The van der Waals surface area contributed by atoms with Crippen LogP contribution in [-0.2, 0) is 13.0 Å². The van der Waals surface area contributed by atoms with Gasteiger partial charge in [0.05, 0.1) is 19.4 Å². The van der Waals surface area contributed by atoms with Crippen LogP contribution in [0.1, 0.15) is 49.1 Å². The van der Waals surface area contributed by atoms with Crippen LogP contribution in [0.15, 0.2) is 34.9 Å². The highest BCUT2D eigenvalue weighted by Crippen LogP contribution is 2.35. The third-order valence-electron chi connectivity index (χ3n) is 5.66. The Morgan fingerprint density at radius 3 is 2.85 bits per heavy atom. The predicted molar refractivity (Wildman–Crippen MR) is 105 cm³/mol. The van der Waals surface area contributed by atoms with Gasteiger partial charge in [0, 0.05) is 30.6 Å². The maximum absolute atomic E-state index is 5.92. The van der Waals surface area contributed by atoms with Gasteiger partial charge in [-0.25, -0.2) is 0 Å². The van der Waals surface area contributed by atoms with E-state index in [4.69, 9.17) is 13.9 Å². The molecule has 1 N–H and O–H groups in total. The number of rotatable bonds is 7. The van der Waals surface area contributed by atoms with E-state index >= 15 is 0 Å². The zero-order valence-corrected chi connectivity index (χ0v) is 16.4. The summed E-state index contributed by atoms with van der Waals surface area (Å²) in [6, 6.07) is 8.61. The van der Waals surface area contributed by atoms with Crippen LogP contribution in [0.3, 0.4) is 0 Å². The Bertz CT molecular complexity index is 738. The molecule has 0 radical (unpaired) electrons. The number of methoxy groups -OCH3 is 1. The smallest absolute Gasteiger partial charge is 0.123 e. The van der Waals surface area contributed by atoms with Crippen LogP contribution < -0.4 is 14.8 Å². The average molecular weight is 370 g/mol. The highest BCUT2D eigenvalue weighted by molar-refractivity contribution is 5.48. The standard InChI is InChI=1S/C22H30N2O3/c1-16-11-17-12-21(25-2)18(13-22(17)27-16)14-23-15-19(20-7-6-10-26-20)24-8-4-3-5-9-24/h6-7,10,12-13,16,19,23H,3-5,8-9,11,14-15H2,1-2H3/t16-,19-/m1/s1. The fraction of sp³-hybridized carbons (Fsp3) is 0.545. The average Bonchev–Trinajstić information content (AvgIpc) is 3.33. The first-order chi connectivity index (χ1) is 13.2. The second-order valence-electron chi connectivity index (χ2n) is 7.66. The molecule has 0 saturated carbocycles. The molecule has 0 amide bonds. The summed E-state index contributed by atoms with van der Waals surface area (Å²) in [6.45, 7) is 5.99. The molecule has 1 aromatic heterocycles. The predicted octanol–water partition coefficient (Wildman–Crippen LogP) is 3.93. The maximum Gasteiger partial charge on any atom is 0.123 e. The minimum absolute atomic E-state index is 0.246.